The molecule has 6 heteroatoms. The van der Waals surface area contributed by atoms with Gasteiger partial charge in [0.05, 0.1) is 12.2 Å². The van der Waals surface area contributed by atoms with Crippen LogP contribution in [0.3, 0.4) is 0 Å². The fourth-order valence-corrected chi connectivity index (χ4v) is 9.40. The van der Waals surface area contributed by atoms with E-state index in [1.807, 2.05) is 0 Å². The molecule has 2 N–H and O–H groups in total. The van der Waals surface area contributed by atoms with Crippen molar-refractivity contribution in [3.8, 4) is 0 Å². The average molecular weight is 491 g/mol. The van der Waals surface area contributed by atoms with E-state index in [0.717, 1.165) is 37.0 Å². The topological polar surface area (TPSA) is 85.2 Å². The van der Waals surface area contributed by atoms with Crippen molar-refractivity contribution in [3.05, 3.63) is 12.7 Å². The van der Waals surface area contributed by atoms with Crippen molar-refractivity contribution in [1.82, 2.24) is 0 Å². The molecule has 5 rings (SSSR count). The van der Waals surface area contributed by atoms with E-state index in [2.05, 4.69) is 26.5 Å². The zero-order valence-electron chi connectivity index (χ0n) is 22.0. The van der Waals surface area contributed by atoms with Gasteiger partial charge in [-0.3, -0.25) is 4.79 Å². The van der Waals surface area contributed by atoms with Crippen molar-refractivity contribution in [3.63, 3.8) is 0 Å². The summed E-state index contributed by atoms with van der Waals surface area (Å²) in [6, 6.07) is 0. The van der Waals surface area contributed by atoms with E-state index in [1.54, 1.807) is 6.92 Å². The number of rotatable bonds is 4. The molecule has 1 saturated heterocycles. The summed E-state index contributed by atoms with van der Waals surface area (Å²) in [5, 5.41) is 21.2. The molecule has 6 nitrogen and oxygen atoms in total. The molecular weight excluding hydrogens is 444 g/mol. The van der Waals surface area contributed by atoms with Crippen LogP contribution in [0.5, 0.6) is 0 Å². The Morgan fingerprint density at radius 2 is 1.71 bits per heavy atom. The summed E-state index contributed by atoms with van der Waals surface area (Å²) in [7, 11) is 0. The van der Waals surface area contributed by atoms with Gasteiger partial charge in [0.2, 0.25) is 0 Å². The number of aliphatic hydroxyl groups excluding tert-OH is 2. The number of fused-ring (bicyclic) bond motifs is 5. The molecule has 0 amide bonds. The number of allylic oxidation sites excluding steroid dienone is 1. The van der Waals surface area contributed by atoms with Crippen LogP contribution in [0.25, 0.3) is 0 Å². The molecule has 5 fully saturated rings. The van der Waals surface area contributed by atoms with Crippen LogP contribution >= 0.6 is 0 Å². The van der Waals surface area contributed by atoms with Crippen LogP contribution in [0.1, 0.15) is 85.5 Å². The van der Waals surface area contributed by atoms with Gasteiger partial charge in [-0.15, -0.1) is 6.58 Å². The van der Waals surface area contributed by atoms with E-state index in [-0.39, 0.29) is 6.10 Å². The van der Waals surface area contributed by atoms with Gasteiger partial charge in [0.25, 0.3) is 0 Å². The van der Waals surface area contributed by atoms with E-state index in [1.165, 1.54) is 45.4 Å². The van der Waals surface area contributed by atoms with Gasteiger partial charge in [0.1, 0.15) is 12.2 Å². The number of carbonyl (C=O) groups excluding carboxylic acids is 1. The van der Waals surface area contributed by atoms with Crippen LogP contribution in [0.15, 0.2) is 12.7 Å². The minimum Gasteiger partial charge on any atom is -0.457 e. The first-order valence-electron chi connectivity index (χ1n) is 14.0. The maximum atomic E-state index is 11.5. The maximum absolute atomic E-state index is 11.5. The van der Waals surface area contributed by atoms with Crippen molar-refractivity contribution >= 4 is 5.97 Å². The lowest BCUT2D eigenvalue weighted by Crippen LogP contribution is -2.60. The molecule has 13 atom stereocenters. The van der Waals surface area contributed by atoms with E-state index < -0.39 is 36.7 Å². The van der Waals surface area contributed by atoms with Crippen LogP contribution < -0.4 is 0 Å². The Labute approximate surface area is 210 Å². The Balaban J connectivity index is 1.25. The van der Waals surface area contributed by atoms with Gasteiger partial charge < -0.3 is 24.4 Å². The van der Waals surface area contributed by atoms with Crippen molar-refractivity contribution < 1.29 is 29.2 Å². The summed E-state index contributed by atoms with van der Waals surface area (Å²) in [6.45, 7) is 12.3. The highest BCUT2D eigenvalue weighted by molar-refractivity contribution is 5.66. The maximum Gasteiger partial charge on any atom is 0.303 e. The lowest BCUT2D eigenvalue weighted by atomic mass is 9.44. The van der Waals surface area contributed by atoms with Crippen LogP contribution in [0, 0.1) is 40.4 Å². The quantitative estimate of drug-likeness (QED) is 0.340. The van der Waals surface area contributed by atoms with E-state index >= 15 is 0 Å². The number of ether oxygens (including phenoxy) is 3. The van der Waals surface area contributed by atoms with Crippen molar-refractivity contribution in [2.75, 3.05) is 0 Å². The van der Waals surface area contributed by atoms with Crippen LogP contribution in [0.2, 0.25) is 0 Å². The first kappa shape index (κ1) is 25.7. The predicted molar refractivity (Wildman–Crippen MR) is 132 cm³/mol. The largest absolute Gasteiger partial charge is 0.457 e. The highest BCUT2D eigenvalue weighted by atomic mass is 16.7. The molecule has 1 heterocycles. The number of hydrogen-bond donors (Lipinski definition) is 2. The second kappa shape index (κ2) is 9.41. The second-order valence-electron chi connectivity index (χ2n) is 12.9. The molecule has 0 aromatic heterocycles. The first-order chi connectivity index (χ1) is 16.6. The lowest BCUT2D eigenvalue weighted by molar-refractivity contribution is -0.311. The molecule has 0 radical (unpaired) electrons. The molecule has 0 unspecified atom stereocenters. The minimum absolute atomic E-state index is 0.00943. The summed E-state index contributed by atoms with van der Waals surface area (Å²) in [5.74, 6) is 3.25. The third-order valence-electron chi connectivity index (χ3n) is 11.4. The van der Waals surface area contributed by atoms with Gasteiger partial charge in [0, 0.05) is 6.92 Å². The van der Waals surface area contributed by atoms with Gasteiger partial charge in [0.15, 0.2) is 12.4 Å². The summed E-state index contributed by atoms with van der Waals surface area (Å²) in [4.78, 5) is 11.5. The van der Waals surface area contributed by atoms with Gasteiger partial charge >= 0.3 is 5.97 Å². The van der Waals surface area contributed by atoms with Crippen LogP contribution in [-0.4, -0.2) is 53.0 Å². The Morgan fingerprint density at radius 3 is 2.43 bits per heavy atom. The first-order valence-corrected chi connectivity index (χ1v) is 14.0. The van der Waals surface area contributed by atoms with Gasteiger partial charge in [-0.1, -0.05) is 19.9 Å². The highest BCUT2D eigenvalue weighted by Crippen LogP contribution is 2.67. The normalized spacial score (nSPS) is 53.7. The predicted octanol–water partition coefficient (Wildman–Crippen LogP) is 4.61. The van der Waals surface area contributed by atoms with Crippen molar-refractivity contribution in [2.45, 2.75) is 122 Å². The molecule has 4 saturated carbocycles. The van der Waals surface area contributed by atoms with Crippen LogP contribution in [-0.2, 0) is 19.0 Å². The lowest BCUT2D eigenvalue weighted by Gasteiger charge is -2.61. The molecule has 4 aliphatic carbocycles. The Bertz CT molecular complexity index is 815. The molecule has 0 spiro atoms. The molecule has 5 aliphatic rings. The van der Waals surface area contributed by atoms with Gasteiger partial charge in [-0.2, -0.15) is 0 Å². The van der Waals surface area contributed by atoms with E-state index in [4.69, 9.17) is 14.2 Å². The number of aliphatic hydroxyl groups is 2. The summed E-state index contributed by atoms with van der Waals surface area (Å²) in [5.41, 5.74) is 0.798. The monoisotopic (exact) mass is 490 g/mol. The third-order valence-corrected chi connectivity index (χ3v) is 11.4. The smallest absolute Gasteiger partial charge is 0.303 e. The highest BCUT2D eigenvalue weighted by Gasteiger charge is 2.60. The van der Waals surface area contributed by atoms with E-state index in [9.17, 15) is 15.0 Å². The SMILES string of the molecule is C=C[C@H]1CC[C@H]2[C@@H]3CC[C@H]4C[C@@H](O[C@@H]5O[C@@H](C)[C@@H](O)[C@H](OC(C)=O)[C@H]5O)CC[C@]4(C)[C@H]3CC[C@]12C. The number of hydrogen-bond acceptors (Lipinski definition) is 6. The fraction of sp³-hybridized carbons (Fsp3) is 0.897. The fourth-order valence-electron chi connectivity index (χ4n) is 9.40. The number of carbonyl (C=O) groups is 1. The summed E-state index contributed by atoms with van der Waals surface area (Å²) in [6.07, 6.45) is 8.46. The van der Waals surface area contributed by atoms with Gasteiger partial charge in [-0.05, 0) is 105 Å². The molecule has 35 heavy (non-hydrogen) atoms. The number of esters is 1. The second-order valence-corrected chi connectivity index (χ2v) is 12.9. The molecule has 1 aliphatic heterocycles. The molecule has 0 aromatic carbocycles. The standard InChI is InChI=1S/C29H46O6/c1-6-18-8-10-22-21-9-7-19-15-20(11-13-29(19,5)23(21)12-14-28(18,22)4)35-27-25(32)26(34-17(3)30)24(31)16(2)33-27/h6,16,18-27,31-32H,1,7-15H2,2-5H3/t16-,18-,19-,20-,21-,22-,23-,24+,25+,26-,27-,28+,29-/m0/s1. The third kappa shape index (κ3) is 4.20. The van der Waals surface area contributed by atoms with Crippen molar-refractivity contribution in [1.29, 1.82) is 0 Å². The summed E-state index contributed by atoms with van der Waals surface area (Å²) >= 11 is 0. The molecular formula is C29H46O6. The van der Waals surface area contributed by atoms with Crippen LogP contribution in [0.4, 0.5) is 0 Å². The van der Waals surface area contributed by atoms with Crippen molar-refractivity contribution in [2.24, 2.45) is 40.4 Å². The van der Waals surface area contributed by atoms with E-state index in [0.29, 0.717) is 22.7 Å². The average Bonchev–Trinajstić information content (AvgIpc) is 3.16. The minimum atomic E-state index is -1.20. The Morgan fingerprint density at radius 1 is 1.00 bits per heavy atom. The Kier molecular flexibility index (Phi) is 6.91. The van der Waals surface area contributed by atoms with Gasteiger partial charge in [-0.25, -0.2) is 0 Å². The zero-order valence-corrected chi connectivity index (χ0v) is 22.0. The summed E-state index contributed by atoms with van der Waals surface area (Å²) < 4.78 is 17.4. The Hall–Kier alpha value is -0.950. The zero-order chi connectivity index (χ0) is 25.1. The molecule has 0 bridgehead atoms. The molecule has 198 valence electrons. The molecule has 0 aromatic rings.